The molecule has 0 aromatic carbocycles. The third kappa shape index (κ3) is 1.65. The number of nitrogens with one attached hydrogen (secondary N) is 2. The lowest BCUT2D eigenvalue weighted by Crippen LogP contribution is -2.37. The number of methoxy groups -OCH3 is 1. The first-order valence-corrected chi connectivity index (χ1v) is 3.67. The zero-order chi connectivity index (χ0) is 8.97. The molecule has 1 aliphatic heterocycles. The van der Waals surface area contributed by atoms with Gasteiger partial charge >= 0.3 is 0 Å². The Morgan fingerprint density at radius 2 is 2.50 bits per heavy atom. The van der Waals surface area contributed by atoms with Crippen molar-refractivity contribution in [2.75, 3.05) is 14.2 Å². The lowest BCUT2D eigenvalue weighted by atomic mass is 10.1. The van der Waals surface area contributed by atoms with Gasteiger partial charge in [-0.3, -0.25) is 4.79 Å². The lowest BCUT2D eigenvalue weighted by molar-refractivity contribution is -0.118. The predicted octanol–water partition coefficient (Wildman–Crippen LogP) is -0.252. The summed E-state index contributed by atoms with van der Waals surface area (Å²) in [5, 5.41) is 5.44. The minimum Gasteiger partial charge on any atom is -0.362 e. The van der Waals surface area contributed by atoms with Gasteiger partial charge in [-0.1, -0.05) is 0 Å². The monoisotopic (exact) mass is 168 g/mol. The van der Waals surface area contributed by atoms with Crippen molar-refractivity contribution in [3.05, 3.63) is 23.9 Å². The summed E-state index contributed by atoms with van der Waals surface area (Å²) in [6.07, 6.45) is 4.89. The smallest absolute Gasteiger partial charge is 0.251 e. The van der Waals surface area contributed by atoms with E-state index < -0.39 is 0 Å². The van der Waals surface area contributed by atoms with Gasteiger partial charge in [0.25, 0.3) is 5.91 Å². The molecule has 1 aliphatic rings. The van der Waals surface area contributed by atoms with Gasteiger partial charge in [-0.25, -0.2) is 0 Å². The van der Waals surface area contributed by atoms with Crippen molar-refractivity contribution in [2.24, 2.45) is 0 Å². The van der Waals surface area contributed by atoms with E-state index in [9.17, 15) is 4.79 Å². The first-order chi connectivity index (χ1) is 5.79. The van der Waals surface area contributed by atoms with Crippen LogP contribution in [0.25, 0.3) is 0 Å². The maximum atomic E-state index is 11.2. The quantitative estimate of drug-likeness (QED) is 0.597. The summed E-state index contributed by atoms with van der Waals surface area (Å²) in [7, 11) is 3.14. The topological polar surface area (TPSA) is 50.4 Å². The van der Waals surface area contributed by atoms with Crippen LogP contribution < -0.4 is 10.6 Å². The molecule has 0 aromatic rings. The second-order valence-corrected chi connectivity index (χ2v) is 2.34. The van der Waals surface area contributed by atoms with E-state index in [1.165, 1.54) is 0 Å². The van der Waals surface area contributed by atoms with Crippen molar-refractivity contribution < 1.29 is 9.53 Å². The maximum absolute atomic E-state index is 11.2. The van der Waals surface area contributed by atoms with Gasteiger partial charge in [0, 0.05) is 14.2 Å². The molecule has 0 bridgehead atoms. The van der Waals surface area contributed by atoms with Gasteiger partial charge in [0.2, 0.25) is 0 Å². The molecule has 1 amide bonds. The first-order valence-electron chi connectivity index (χ1n) is 3.67. The Labute approximate surface area is 71.3 Å². The molecule has 0 aromatic heterocycles. The minimum atomic E-state index is -0.338. The van der Waals surface area contributed by atoms with Crippen molar-refractivity contribution in [3.63, 3.8) is 0 Å². The van der Waals surface area contributed by atoms with E-state index in [1.54, 1.807) is 32.5 Å². The number of allylic oxidation sites excluding steroid dienone is 2. The lowest BCUT2D eigenvalue weighted by Gasteiger charge is -2.20. The van der Waals surface area contributed by atoms with Crippen LogP contribution in [0.2, 0.25) is 0 Å². The van der Waals surface area contributed by atoms with Gasteiger partial charge < -0.3 is 15.4 Å². The number of carbonyl (C=O) groups is 1. The fourth-order valence-electron chi connectivity index (χ4n) is 1.01. The molecule has 1 heterocycles. The highest BCUT2D eigenvalue weighted by Crippen LogP contribution is 2.07. The number of rotatable bonds is 2. The van der Waals surface area contributed by atoms with Crippen molar-refractivity contribution in [3.8, 4) is 0 Å². The van der Waals surface area contributed by atoms with Gasteiger partial charge in [-0.2, -0.15) is 0 Å². The third-order valence-corrected chi connectivity index (χ3v) is 1.63. The average Bonchev–Trinajstić information content (AvgIpc) is 2.16. The molecule has 4 heteroatoms. The molecular weight excluding hydrogens is 156 g/mol. The maximum Gasteiger partial charge on any atom is 0.251 e. The molecular formula is C8H12N2O2. The number of dihydropyridines is 1. The van der Waals surface area contributed by atoms with Crippen LogP contribution in [0, 0.1) is 0 Å². The zero-order valence-corrected chi connectivity index (χ0v) is 7.13. The molecule has 2 N–H and O–H groups in total. The van der Waals surface area contributed by atoms with Crippen molar-refractivity contribution in [1.29, 1.82) is 0 Å². The molecule has 66 valence electrons. The summed E-state index contributed by atoms with van der Waals surface area (Å²) in [4.78, 5) is 11.2. The van der Waals surface area contributed by atoms with Crippen LogP contribution in [-0.2, 0) is 9.53 Å². The Balaban J connectivity index is 2.76. The number of hydrogen-bond donors (Lipinski definition) is 2. The minimum absolute atomic E-state index is 0.126. The van der Waals surface area contributed by atoms with Crippen LogP contribution in [0.5, 0.6) is 0 Å². The van der Waals surface area contributed by atoms with Crippen LogP contribution in [-0.4, -0.2) is 26.3 Å². The highest BCUT2D eigenvalue weighted by atomic mass is 16.5. The zero-order valence-electron chi connectivity index (χ0n) is 7.13. The second kappa shape index (κ2) is 3.92. The molecule has 0 saturated heterocycles. The molecule has 0 fully saturated rings. The van der Waals surface area contributed by atoms with Gasteiger partial charge in [0.1, 0.15) is 0 Å². The Morgan fingerprint density at radius 3 is 3.08 bits per heavy atom. The molecule has 1 rings (SSSR count). The van der Waals surface area contributed by atoms with Gasteiger partial charge in [-0.05, 0) is 18.4 Å². The second-order valence-electron chi connectivity index (χ2n) is 2.34. The molecule has 12 heavy (non-hydrogen) atoms. The summed E-state index contributed by atoms with van der Waals surface area (Å²) >= 11 is 0. The standard InChI is InChI=1S/C8H12N2O2/c1-9-7(11)6-4-3-5-10-8(6)12-2/h3-5,8,10H,1-2H3,(H,9,11). The Bertz CT molecular complexity index is 233. The van der Waals surface area contributed by atoms with E-state index in [0.717, 1.165) is 0 Å². The number of likely N-dealkylation sites (N-methyl/N-ethyl adjacent to an activating group) is 1. The summed E-state index contributed by atoms with van der Waals surface area (Å²) < 4.78 is 5.04. The van der Waals surface area contributed by atoms with E-state index in [-0.39, 0.29) is 12.1 Å². The molecule has 4 nitrogen and oxygen atoms in total. The van der Waals surface area contributed by atoms with Crippen LogP contribution in [0.3, 0.4) is 0 Å². The summed E-state index contributed by atoms with van der Waals surface area (Å²) in [5.41, 5.74) is 0.586. The van der Waals surface area contributed by atoms with Crippen LogP contribution >= 0.6 is 0 Å². The fraction of sp³-hybridized carbons (Fsp3) is 0.375. The largest absolute Gasteiger partial charge is 0.362 e. The van der Waals surface area contributed by atoms with E-state index in [0.29, 0.717) is 5.57 Å². The molecule has 0 spiro atoms. The van der Waals surface area contributed by atoms with Crippen molar-refractivity contribution in [1.82, 2.24) is 10.6 Å². The Kier molecular flexibility index (Phi) is 2.88. The predicted molar refractivity (Wildman–Crippen MR) is 45.2 cm³/mol. The molecule has 1 atom stereocenters. The number of amides is 1. The normalized spacial score (nSPS) is 21.2. The van der Waals surface area contributed by atoms with E-state index in [2.05, 4.69) is 10.6 Å². The number of ether oxygens (including phenoxy) is 1. The SMILES string of the molecule is CNC(=O)C1=CC=CNC1OC. The highest BCUT2D eigenvalue weighted by molar-refractivity contribution is 5.94. The van der Waals surface area contributed by atoms with Gasteiger partial charge in [0.05, 0.1) is 5.57 Å². The number of carbonyl (C=O) groups excluding carboxylic acids is 1. The van der Waals surface area contributed by atoms with Crippen LogP contribution in [0.4, 0.5) is 0 Å². The Hall–Kier alpha value is -1.29. The number of hydrogen-bond acceptors (Lipinski definition) is 3. The molecule has 0 radical (unpaired) electrons. The third-order valence-electron chi connectivity index (χ3n) is 1.63. The van der Waals surface area contributed by atoms with Gasteiger partial charge in [0.15, 0.2) is 6.23 Å². The summed E-state index contributed by atoms with van der Waals surface area (Å²) in [6.45, 7) is 0. The van der Waals surface area contributed by atoms with Gasteiger partial charge in [-0.15, -0.1) is 0 Å². The van der Waals surface area contributed by atoms with E-state index in [4.69, 9.17) is 4.74 Å². The Morgan fingerprint density at radius 1 is 1.75 bits per heavy atom. The van der Waals surface area contributed by atoms with Crippen LogP contribution in [0.15, 0.2) is 23.9 Å². The molecule has 0 saturated carbocycles. The first kappa shape index (κ1) is 8.80. The van der Waals surface area contributed by atoms with Crippen LogP contribution in [0.1, 0.15) is 0 Å². The van der Waals surface area contributed by atoms with E-state index >= 15 is 0 Å². The highest BCUT2D eigenvalue weighted by Gasteiger charge is 2.19. The molecule has 1 unspecified atom stereocenters. The summed E-state index contributed by atoms with van der Waals surface area (Å²) in [6, 6.07) is 0. The average molecular weight is 168 g/mol. The van der Waals surface area contributed by atoms with E-state index in [1.807, 2.05) is 0 Å². The summed E-state index contributed by atoms with van der Waals surface area (Å²) in [5.74, 6) is -0.126. The van der Waals surface area contributed by atoms with Crippen molar-refractivity contribution in [2.45, 2.75) is 6.23 Å². The fourth-order valence-corrected chi connectivity index (χ4v) is 1.01. The van der Waals surface area contributed by atoms with Crippen molar-refractivity contribution >= 4 is 5.91 Å². The molecule has 0 aliphatic carbocycles.